The van der Waals surface area contributed by atoms with Crippen molar-refractivity contribution in [3.8, 4) is 0 Å². The van der Waals surface area contributed by atoms with Crippen LogP contribution in [0.2, 0.25) is 0 Å². The van der Waals surface area contributed by atoms with Crippen LogP contribution in [-0.2, 0) is 0 Å². The van der Waals surface area contributed by atoms with Crippen LogP contribution in [0.25, 0.3) is 0 Å². The molecule has 0 saturated heterocycles. The van der Waals surface area contributed by atoms with Gasteiger partial charge in [0.2, 0.25) is 0 Å². The van der Waals surface area contributed by atoms with E-state index < -0.39 is 0 Å². The Morgan fingerprint density at radius 3 is 2.31 bits per heavy atom. The lowest BCUT2D eigenvalue weighted by Crippen LogP contribution is -2.36. The van der Waals surface area contributed by atoms with E-state index in [1.165, 1.54) is 18.6 Å². The highest BCUT2D eigenvalue weighted by Crippen LogP contribution is 2.10. The molecule has 0 spiro atoms. The summed E-state index contributed by atoms with van der Waals surface area (Å²) in [6.07, 6.45) is 4.84. The Hall–Kier alpha value is 0.310. The van der Waals surface area contributed by atoms with Crippen LogP contribution in [0.1, 0.15) is 40.5 Å². The summed E-state index contributed by atoms with van der Waals surface area (Å²) in [6, 6.07) is 0. The monoisotopic (exact) mass is 203 g/mol. The first-order valence-electron chi connectivity index (χ1n) is 5.19. The molecule has 0 aliphatic rings. The molecule has 1 nitrogen and oxygen atoms in total. The number of rotatable bonds is 6. The standard InChI is InChI=1S/C11H25NS/c1-10(7-9-13-5)6-8-12-11(2,3)4/h10,12H,6-9H2,1-5H3. The van der Waals surface area contributed by atoms with Crippen LogP contribution in [-0.4, -0.2) is 24.1 Å². The van der Waals surface area contributed by atoms with Crippen molar-refractivity contribution in [1.82, 2.24) is 5.32 Å². The van der Waals surface area contributed by atoms with E-state index in [9.17, 15) is 0 Å². The summed E-state index contributed by atoms with van der Waals surface area (Å²) in [7, 11) is 0. The highest BCUT2D eigenvalue weighted by molar-refractivity contribution is 7.98. The minimum atomic E-state index is 0.277. The quantitative estimate of drug-likeness (QED) is 0.712. The molecule has 1 N–H and O–H groups in total. The molecule has 2 heteroatoms. The van der Waals surface area contributed by atoms with Crippen LogP contribution in [0.15, 0.2) is 0 Å². The molecule has 0 saturated carbocycles. The summed E-state index contributed by atoms with van der Waals surface area (Å²) < 4.78 is 0. The van der Waals surface area contributed by atoms with Gasteiger partial charge in [0.15, 0.2) is 0 Å². The van der Waals surface area contributed by atoms with Crippen LogP contribution in [0.5, 0.6) is 0 Å². The van der Waals surface area contributed by atoms with Crippen molar-refractivity contribution in [2.45, 2.75) is 46.1 Å². The van der Waals surface area contributed by atoms with E-state index in [4.69, 9.17) is 0 Å². The lowest BCUT2D eigenvalue weighted by molar-refractivity contribution is 0.392. The van der Waals surface area contributed by atoms with Gasteiger partial charge in [0, 0.05) is 5.54 Å². The largest absolute Gasteiger partial charge is 0.312 e. The molecule has 80 valence electrons. The first kappa shape index (κ1) is 13.3. The molecule has 1 atom stereocenters. The van der Waals surface area contributed by atoms with E-state index in [1.54, 1.807) is 0 Å². The van der Waals surface area contributed by atoms with Crippen molar-refractivity contribution in [3.63, 3.8) is 0 Å². The molecule has 0 rings (SSSR count). The zero-order chi connectivity index (χ0) is 10.3. The minimum absolute atomic E-state index is 0.277. The molecule has 0 aromatic carbocycles. The Morgan fingerprint density at radius 2 is 1.85 bits per heavy atom. The van der Waals surface area contributed by atoms with Gasteiger partial charge >= 0.3 is 0 Å². The molecular formula is C11H25NS. The summed E-state index contributed by atoms with van der Waals surface area (Å²) in [5.74, 6) is 2.17. The Balaban J connectivity index is 3.31. The maximum Gasteiger partial charge on any atom is 0.00965 e. The number of nitrogens with one attached hydrogen (secondary N) is 1. The van der Waals surface area contributed by atoms with Crippen LogP contribution < -0.4 is 5.32 Å². The van der Waals surface area contributed by atoms with Crippen molar-refractivity contribution in [3.05, 3.63) is 0 Å². The maximum atomic E-state index is 3.52. The van der Waals surface area contributed by atoms with Crippen molar-refractivity contribution < 1.29 is 0 Å². The van der Waals surface area contributed by atoms with Gasteiger partial charge in [-0.25, -0.2) is 0 Å². The van der Waals surface area contributed by atoms with Gasteiger partial charge in [0.25, 0.3) is 0 Å². The van der Waals surface area contributed by atoms with E-state index in [1.807, 2.05) is 11.8 Å². The van der Waals surface area contributed by atoms with E-state index in [2.05, 4.69) is 39.3 Å². The zero-order valence-electron chi connectivity index (χ0n) is 9.81. The fourth-order valence-corrected chi connectivity index (χ4v) is 1.80. The molecule has 0 radical (unpaired) electrons. The maximum absolute atomic E-state index is 3.52. The highest BCUT2D eigenvalue weighted by Gasteiger charge is 2.08. The second-order valence-electron chi connectivity index (χ2n) is 4.85. The van der Waals surface area contributed by atoms with Gasteiger partial charge in [-0.3, -0.25) is 0 Å². The van der Waals surface area contributed by atoms with Gasteiger partial charge in [-0.1, -0.05) is 6.92 Å². The number of hydrogen-bond donors (Lipinski definition) is 1. The molecule has 0 fully saturated rings. The van der Waals surface area contributed by atoms with Gasteiger partial charge in [0.05, 0.1) is 0 Å². The van der Waals surface area contributed by atoms with E-state index >= 15 is 0 Å². The van der Waals surface area contributed by atoms with Crippen LogP contribution in [0.4, 0.5) is 0 Å². The second kappa shape index (κ2) is 6.72. The van der Waals surface area contributed by atoms with Gasteiger partial charge < -0.3 is 5.32 Å². The average Bonchev–Trinajstić information content (AvgIpc) is 1.98. The highest BCUT2D eigenvalue weighted by atomic mass is 32.2. The lowest BCUT2D eigenvalue weighted by Gasteiger charge is -2.21. The Labute approximate surface area is 88.1 Å². The summed E-state index contributed by atoms with van der Waals surface area (Å²) >= 11 is 1.95. The molecule has 0 heterocycles. The van der Waals surface area contributed by atoms with E-state index in [-0.39, 0.29) is 5.54 Å². The Bertz CT molecular complexity index is 118. The fourth-order valence-electron chi connectivity index (χ4n) is 1.16. The number of thioether (sulfide) groups is 1. The van der Waals surface area contributed by atoms with Gasteiger partial charge in [-0.15, -0.1) is 0 Å². The van der Waals surface area contributed by atoms with Crippen LogP contribution in [0.3, 0.4) is 0 Å². The third-order valence-electron chi connectivity index (χ3n) is 2.11. The first-order chi connectivity index (χ1) is 5.95. The molecule has 0 aliphatic heterocycles. The van der Waals surface area contributed by atoms with Crippen molar-refractivity contribution in [2.24, 2.45) is 5.92 Å². The summed E-state index contributed by atoms with van der Waals surface area (Å²) in [6.45, 7) is 10.2. The van der Waals surface area contributed by atoms with Crippen LogP contribution in [0, 0.1) is 5.92 Å². The predicted octanol–water partition coefficient (Wildman–Crippen LogP) is 3.15. The molecular weight excluding hydrogens is 178 g/mol. The molecule has 13 heavy (non-hydrogen) atoms. The fraction of sp³-hybridized carbons (Fsp3) is 1.00. The zero-order valence-corrected chi connectivity index (χ0v) is 10.6. The Kier molecular flexibility index (Phi) is 6.88. The topological polar surface area (TPSA) is 12.0 Å². The normalized spacial score (nSPS) is 14.5. The molecule has 1 unspecified atom stereocenters. The lowest BCUT2D eigenvalue weighted by atomic mass is 10.0. The molecule has 0 amide bonds. The van der Waals surface area contributed by atoms with Gasteiger partial charge in [-0.2, -0.15) is 11.8 Å². The minimum Gasteiger partial charge on any atom is -0.312 e. The molecule has 0 aromatic rings. The van der Waals surface area contributed by atoms with Crippen molar-refractivity contribution in [2.75, 3.05) is 18.6 Å². The molecule has 0 aliphatic carbocycles. The third-order valence-corrected chi connectivity index (χ3v) is 2.75. The second-order valence-corrected chi connectivity index (χ2v) is 5.84. The smallest absolute Gasteiger partial charge is 0.00965 e. The SMILES string of the molecule is CSCCC(C)CCNC(C)(C)C. The predicted molar refractivity (Wildman–Crippen MR) is 64.5 cm³/mol. The molecule has 0 bridgehead atoms. The van der Waals surface area contributed by atoms with Gasteiger partial charge in [0.1, 0.15) is 0 Å². The Morgan fingerprint density at radius 1 is 1.23 bits per heavy atom. The van der Waals surface area contributed by atoms with E-state index in [0.717, 1.165) is 12.5 Å². The van der Waals surface area contributed by atoms with Crippen LogP contribution >= 0.6 is 11.8 Å². The summed E-state index contributed by atoms with van der Waals surface area (Å²) in [4.78, 5) is 0. The first-order valence-corrected chi connectivity index (χ1v) is 6.59. The van der Waals surface area contributed by atoms with Gasteiger partial charge in [-0.05, 0) is 58.1 Å². The summed E-state index contributed by atoms with van der Waals surface area (Å²) in [5.41, 5.74) is 0.277. The van der Waals surface area contributed by atoms with Crippen molar-refractivity contribution >= 4 is 11.8 Å². The average molecular weight is 203 g/mol. The molecule has 0 aromatic heterocycles. The summed E-state index contributed by atoms with van der Waals surface area (Å²) in [5, 5.41) is 3.52. The van der Waals surface area contributed by atoms with E-state index in [0.29, 0.717) is 0 Å². The van der Waals surface area contributed by atoms with Crippen molar-refractivity contribution in [1.29, 1.82) is 0 Å². The number of hydrogen-bond acceptors (Lipinski definition) is 2. The third kappa shape index (κ3) is 10.2.